The average molecular weight is 290 g/mol. The van der Waals surface area contributed by atoms with Crippen molar-refractivity contribution in [3.05, 3.63) is 29.8 Å². The van der Waals surface area contributed by atoms with Crippen LogP contribution in [0.25, 0.3) is 0 Å². The van der Waals surface area contributed by atoms with Crippen LogP contribution in [0.1, 0.15) is 5.56 Å². The maximum atomic E-state index is 8.60. The Morgan fingerprint density at radius 1 is 1.24 bits per heavy atom. The normalized spacial score (nSPS) is 23.8. The van der Waals surface area contributed by atoms with E-state index in [-0.39, 0.29) is 11.9 Å². The Hall–Kier alpha value is -1.79. The molecule has 0 aromatic heterocycles. The summed E-state index contributed by atoms with van der Waals surface area (Å²) in [6.45, 7) is 5.37. The van der Waals surface area contributed by atoms with Crippen molar-refractivity contribution in [3.8, 4) is 5.75 Å². The molecule has 1 aromatic carbocycles. The first-order valence-corrected chi connectivity index (χ1v) is 7.40. The van der Waals surface area contributed by atoms with E-state index in [9.17, 15) is 0 Å². The highest BCUT2D eigenvalue weighted by Crippen LogP contribution is 2.28. The highest BCUT2D eigenvalue weighted by Gasteiger charge is 2.26. The van der Waals surface area contributed by atoms with Crippen molar-refractivity contribution in [2.45, 2.75) is 12.5 Å². The lowest BCUT2D eigenvalue weighted by molar-refractivity contribution is 0.0988. The molecule has 2 aliphatic heterocycles. The number of ether oxygens (including phenoxy) is 1. The summed E-state index contributed by atoms with van der Waals surface area (Å²) < 4.78 is 5.99. The maximum absolute atomic E-state index is 8.60. The molecule has 1 unspecified atom stereocenters. The van der Waals surface area contributed by atoms with Crippen LogP contribution >= 0.6 is 0 Å². The monoisotopic (exact) mass is 290 g/mol. The molecule has 6 nitrogen and oxygen atoms in total. The first-order valence-electron chi connectivity index (χ1n) is 7.40. The molecule has 3 N–H and O–H groups in total. The van der Waals surface area contributed by atoms with Crippen LogP contribution in [0.5, 0.6) is 5.75 Å². The van der Waals surface area contributed by atoms with Crippen molar-refractivity contribution < 1.29 is 9.94 Å². The van der Waals surface area contributed by atoms with Gasteiger partial charge in [0, 0.05) is 39.1 Å². The Labute approximate surface area is 124 Å². The Kier molecular flexibility index (Phi) is 4.26. The number of piperazine rings is 1. The zero-order valence-electron chi connectivity index (χ0n) is 12.1. The van der Waals surface area contributed by atoms with E-state index in [1.165, 1.54) is 5.56 Å². The van der Waals surface area contributed by atoms with Crippen molar-refractivity contribution >= 4 is 5.84 Å². The molecule has 0 saturated carbocycles. The van der Waals surface area contributed by atoms with Gasteiger partial charge in [-0.05, 0) is 11.6 Å². The number of amidine groups is 1. The summed E-state index contributed by atoms with van der Waals surface area (Å²) in [7, 11) is 0. The van der Waals surface area contributed by atoms with Gasteiger partial charge in [0.25, 0.3) is 0 Å². The molecule has 114 valence electrons. The van der Waals surface area contributed by atoms with Crippen LogP contribution in [0.2, 0.25) is 0 Å². The van der Waals surface area contributed by atoms with Crippen LogP contribution in [0.15, 0.2) is 29.4 Å². The molecule has 21 heavy (non-hydrogen) atoms. The first kappa shape index (κ1) is 14.2. The van der Waals surface area contributed by atoms with Crippen LogP contribution in [0.4, 0.5) is 0 Å². The third-order valence-electron chi connectivity index (χ3n) is 4.15. The van der Waals surface area contributed by atoms with Crippen molar-refractivity contribution in [3.63, 3.8) is 0 Å². The zero-order valence-corrected chi connectivity index (χ0v) is 12.1. The Morgan fingerprint density at radius 3 is 2.67 bits per heavy atom. The molecule has 1 fully saturated rings. The molecule has 1 atom stereocenters. The molecule has 2 heterocycles. The van der Waals surface area contributed by atoms with Crippen molar-refractivity contribution in [2.24, 2.45) is 10.9 Å². The second kappa shape index (κ2) is 6.32. The molecule has 0 spiro atoms. The van der Waals surface area contributed by atoms with E-state index < -0.39 is 0 Å². The summed E-state index contributed by atoms with van der Waals surface area (Å²) >= 11 is 0. The lowest BCUT2D eigenvalue weighted by Gasteiger charge is -2.35. The lowest BCUT2D eigenvalue weighted by Crippen LogP contribution is -2.50. The third kappa shape index (κ3) is 3.46. The van der Waals surface area contributed by atoms with Gasteiger partial charge in [0.05, 0.1) is 6.54 Å². The molecule has 0 bridgehead atoms. The Bertz CT molecular complexity index is 487. The molecule has 3 rings (SSSR count). The van der Waals surface area contributed by atoms with Gasteiger partial charge in [0.2, 0.25) is 0 Å². The van der Waals surface area contributed by atoms with Gasteiger partial charge < -0.3 is 15.7 Å². The standard InChI is InChI=1S/C15H22N4O2/c16-15(17-20)11-19-7-5-18(6-8-19)10-13-9-12-3-1-2-4-14(12)21-13/h1-4,13,20H,5-11H2,(H2,16,17). The minimum atomic E-state index is 0.262. The van der Waals surface area contributed by atoms with E-state index >= 15 is 0 Å². The highest BCUT2D eigenvalue weighted by atomic mass is 16.5. The van der Waals surface area contributed by atoms with Crippen LogP contribution in [-0.4, -0.2) is 66.2 Å². The van der Waals surface area contributed by atoms with Crippen molar-refractivity contribution in [1.29, 1.82) is 0 Å². The lowest BCUT2D eigenvalue weighted by atomic mass is 10.1. The Balaban J connectivity index is 1.45. The summed E-state index contributed by atoms with van der Waals surface area (Å²) in [6, 6.07) is 8.28. The number of rotatable bonds is 4. The number of nitrogens with two attached hydrogens (primary N) is 1. The molecular formula is C15H22N4O2. The van der Waals surface area contributed by atoms with Gasteiger partial charge in [0.15, 0.2) is 5.84 Å². The highest BCUT2D eigenvalue weighted by molar-refractivity contribution is 5.81. The van der Waals surface area contributed by atoms with E-state index in [4.69, 9.17) is 15.7 Å². The number of fused-ring (bicyclic) bond motifs is 1. The quantitative estimate of drug-likeness (QED) is 0.362. The van der Waals surface area contributed by atoms with E-state index in [2.05, 4.69) is 27.1 Å². The fraction of sp³-hybridized carbons (Fsp3) is 0.533. The van der Waals surface area contributed by atoms with Crippen LogP contribution in [0, 0.1) is 0 Å². The summed E-state index contributed by atoms with van der Waals surface area (Å²) in [5, 5.41) is 11.6. The topological polar surface area (TPSA) is 74.3 Å². The van der Waals surface area contributed by atoms with Gasteiger partial charge in [-0.2, -0.15) is 0 Å². The third-order valence-corrected chi connectivity index (χ3v) is 4.15. The number of nitrogens with zero attached hydrogens (tertiary/aromatic N) is 3. The van der Waals surface area contributed by atoms with Gasteiger partial charge in [-0.1, -0.05) is 23.4 Å². The second-order valence-electron chi connectivity index (χ2n) is 5.72. The molecule has 1 aromatic rings. The molecule has 6 heteroatoms. The van der Waals surface area contributed by atoms with Gasteiger partial charge in [-0.3, -0.25) is 9.80 Å². The van der Waals surface area contributed by atoms with Gasteiger partial charge >= 0.3 is 0 Å². The maximum Gasteiger partial charge on any atom is 0.153 e. The molecule has 0 aliphatic carbocycles. The van der Waals surface area contributed by atoms with E-state index in [1.807, 2.05) is 12.1 Å². The smallest absolute Gasteiger partial charge is 0.153 e. The summed E-state index contributed by atoms with van der Waals surface area (Å²) in [6.07, 6.45) is 1.26. The van der Waals surface area contributed by atoms with Crippen LogP contribution in [-0.2, 0) is 6.42 Å². The number of hydrogen-bond donors (Lipinski definition) is 2. The predicted octanol–water partition coefficient (Wildman–Crippen LogP) is 0.354. The van der Waals surface area contributed by atoms with Gasteiger partial charge in [-0.15, -0.1) is 0 Å². The van der Waals surface area contributed by atoms with Crippen molar-refractivity contribution in [2.75, 3.05) is 39.3 Å². The van der Waals surface area contributed by atoms with E-state index in [0.29, 0.717) is 6.54 Å². The summed E-state index contributed by atoms with van der Waals surface area (Å²) in [5.41, 5.74) is 6.86. The van der Waals surface area contributed by atoms with Crippen molar-refractivity contribution in [1.82, 2.24) is 9.80 Å². The fourth-order valence-electron chi connectivity index (χ4n) is 3.03. The minimum absolute atomic E-state index is 0.262. The largest absolute Gasteiger partial charge is 0.488 e. The zero-order chi connectivity index (χ0) is 14.7. The van der Waals surface area contributed by atoms with E-state index in [0.717, 1.165) is 44.9 Å². The van der Waals surface area contributed by atoms with Gasteiger partial charge in [0.1, 0.15) is 11.9 Å². The number of hydrogen-bond acceptors (Lipinski definition) is 5. The van der Waals surface area contributed by atoms with Crippen LogP contribution in [0.3, 0.4) is 0 Å². The second-order valence-corrected chi connectivity index (χ2v) is 5.72. The fourth-order valence-corrected chi connectivity index (χ4v) is 3.03. The number of oxime groups is 1. The molecule has 1 saturated heterocycles. The molecule has 0 amide bonds. The van der Waals surface area contributed by atoms with Gasteiger partial charge in [-0.25, -0.2) is 0 Å². The minimum Gasteiger partial charge on any atom is -0.488 e. The summed E-state index contributed by atoms with van der Waals surface area (Å²) in [4.78, 5) is 4.63. The SMILES string of the molecule is NC(CN1CCN(CC2Cc3ccccc3O2)CC1)=NO. The summed E-state index contributed by atoms with van der Waals surface area (Å²) in [5.74, 6) is 1.31. The number of para-hydroxylation sites is 1. The average Bonchev–Trinajstić information content (AvgIpc) is 2.91. The predicted molar refractivity (Wildman–Crippen MR) is 80.9 cm³/mol. The Morgan fingerprint density at radius 2 is 1.95 bits per heavy atom. The molecular weight excluding hydrogens is 268 g/mol. The number of benzene rings is 1. The van der Waals surface area contributed by atoms with E-state index in [1.54, 1.807) is 0 Å². The first-order chi connectivity index (χ1) is 10.2. The van der Waals surface area contributed by atoms with Crippen LogP contribution < -0.4 is 10.5 Å². The molecule has 0 radical (unpaired) electrons. The molecule has 2 aliphatic rings.